The second-order valence-electron chi connectivity index (χ2n) is 8.83. The number of ether oxygens (including phenoxy) is 2. The van der Waals surface area contributed by atoms with Crippen molar-refractivity contribution in [3.05, 3.63) is 89.4 Å². The summed E-state index contributed by atoms with van der Waals surface area (Å²) in [6.45, 7) is 3.31. The molecule has 0 aliphatic heterocycles. The maximum atomic E-state index is 12.3. The molecule has 4 aromatic rings. The average molecular weight is 469 g/mol. The number of amides is 1. The number of aromatic nitrogens is 3. The number of benzene rings is 2. The van der Waals surface area contributed by atoms with Crippen molar-refractivity contribution in [1.82, 2.24) is 20.3 Å². The van der Waals surface area contributed by atoms with E-state index in [2.05, 4.69) is 15.3 Å². The Bertz CT molecular complexity index is 1310. The molecule has 0 atom stereocenters. The van der Waals surface area contributed by atoms with Crippen molar-refractivity contribution in [2.75, 3.05) is 6.54 Å². The van der Waals surface area contributed by atoms with Gasteiger partial charge in [0.2, 0.25) is 0 Å². The van der Waals surface area contributed by atoms with Crippen LogP contribution in [0.3, 0.4) is 0 Å². The largest absolute Gasteiger partial charge is 0.488 e. The summed E-state index contributed by atoms with van der Waals surface area (Å²) in [5, 5.41) is 3.87. The third-order valence-electron chi connectivity index (χ3n) is 6.17. The van der Waals surface area contributed by atoms with Crippen molar-refractivity contribution < 1.29 is 14.3 Å². The minimum atomic E-state index is -0.163. The Hall–Kier alpha value is -4.00. The molecule has 0 bridgehead atoms. The van der Waals surface area contributed by atoms with Gasteiger partial charge in [0.1, 0.15) is 19.0 Å². The van der Waals surface area contributed by atoms with Crippen LogP contribution in [0.15, 0.2) is 67.0 Å². The Balaban J connectivity index is 1.27. The summed E-state index contributed by atoms with van der Waals surface area (Å²) < 4.78 is 12.1. The molecule has 1 aliphatic rings. The smallest absolute Gasteiger partial charge is 0.316 e. The van der Waals surface area contributed by atoms with Gasteiger partial charge in [-0.3, -0.25) is 4.79 Å². The van der Waals surface area contributed by atoms with Crippen LogP contribution in [0.2, 0.25) is 0 Å². The second kappa shape index (κ2) is 10.5. The monoisotopic (exact) mass is 468 g/mol. The van der Waals surface area contributed by atoms with Gasteiger partial charge in [-0.05, 0) is 37.0 Å². The lowest BCUT2D eigenvalue weighted by molar-refractivity contribution is 0.0951. The summed E-state index contributed by atoms with van der Waals surface area (Å²) in [5.41, 5.74) is 4.00. The van der Waals surface area contributed by atoms with Crippen molar-refractivity contribution in [2.45, 2.75) is 39.4 Å². The first-order valence-corrected chi connectivity index (χ1v) is 12.0. The number of rotatable bonds is 10. The fourth-order valence-electron chi connectivity index (χ4n) is 3.92. The Morgan fingerprint density at radius 3 is 2.49 bits per heavy atom. The minimum absolute atomic E-state index is 0.163. The SMILES string of the molecule is Cc1c(COc2ncc(C(=O)NCCC3CC3)cn2)nc2ccccc2c1OCc1ccccc1. The molecule has 35 heavy (non-hydrogen) atoms. The minimum Gasteiger partial charge on any atom is -0.488 e. The van der Waals surface area contributed by atoms with Crippen LogP contribution in [-0.2, 0) is 13.2 Å². The lowest BCUT2D eigenvalue weighted by Gasteiger charge is -2.16. The summed E-state index contributed by atoms with van der Waals surface area (Å²) in [6, 6.07) is 18.2. The molecular weight excluding hydrogens is 440 g/mol. The van der Waals surface area contributed by atoms with Crippen LogP contribution in [0.1, 0.15) is 46.4 Å². The highest BCUT2D eigenvalue weighted by Crippen LogP contribution is 2.32. The number of nitrogens with one attached hydrogen (secondary N) is 1. The molecule has 1 saturated carbocycles. The topological polar surface area (TPSA) is 86.2 Å². The van der Waals surface area contributed by atoms with E-state index in [4.69, 9.17) is 14.5 Å². The van der Waals surface area contributed by atoms with E-state index < -0.39 is 0 Å². The molecule has 7 heteroatoms. The van der Waals surface area contributed by atoms with Gasteiger partial charge in [-0.15, -0.1) is 0 Å². The van der Waals surface area contributed by atoms with E-state index in [0.29, 0.717) is 18.7 Å². The third-order valence-corrected chi connectivity index (χ3v) is 6.17. The van der Waals surface area contributed by atoms with Gasteiger partial charge in [0.25, 0.3) is 5.91 Å². The molecular formula is C28H28N4O3. The molecule has 5 rings (SSSR count). The van der Waals surface area contributed by atoms with E-state index >= 15 is 0 Å². The molecule has 0 unspecified atom stereocenters. The van der Waals surface area contributed by atoms with E-state index in [1.165, 1.54) is 25.2 Å². The summed E-state index contributed by atoms with van der Waals surface area (Å²) in [4.78, 5) is 25.4. The van der Waals surface area contributed by atoms with Gasteiger partial charge in [0.15, 0.2) is 0 Å². The van der Waals surface area contributed by atoms with Gasteiger partial charge in [0, 0.05) is 29.9 Å². The number of para-hydroxylation sites is 1. The van der Waals surface area contributed by atoms with Crippen molar-refractivity contribution in [2.24, 2.45) is 5.92 Å². The van der Waals surface area contributed by atoms with Crippen LogP contribution >= 0.6 is 0 Å². The van der Waals surface area contributed by atoms with Gasteiger partial charge in [-0.2, -0.15) is 0 Å². The zero-order valence-corrected chi connectivity index (χ0v) is 19.7. The van der Waals surface area contributed by atoms with Crippen LogP contribution in [-0.4, -0.2) is 27.4 Å². The zero-order chi connectivity index (χ0) is 24.0. The van der Waals surface area contributed by atoms with E-state index in [-0.39, 0.29) is 18.5 Å². The molecule has 1 N–H and O–H groups in total. The molecule has 0 saturated heterocycles. The first-order valence-electron chi connectivity index (χ1n) is 12.0. The predicted octanol–water partition coefficient (Wildman–Crippen LogP) is 5.02. The van der Waals surface area contributed by atoms with Crippen molar-refractivity contribution in [3.63, 3.8) is 0 Å². The number of fused-ring (bicyclic) bond motifs is 1. The van der Waals surface area contributed by atoms with Gasteiger partial charge >= 0.3 is 6.01 Å². The first kappa shape index (κ1) is 22.8. The molecule has 2 aromatic heterocycles. The maximum Gasteiger partial charge on any atom is 0.316 e. The van der Waals surface area contributed by atoms with Crippen molar-refractivity contribution in [3.8, 4) is 11.8 Å². The molecule has 1 fully saturated rings. The lowest BCUT2D eigenvalue weighted by atomic mass is 10.1. The Morgan fingerprint density at radius 1 is 0.971 bits per heavy atom. The van der Waals surface area contributed by atoms with Crippen LogP contribution < -0.4 is 14.8 Å². The summed E-state index contributed by atoms with van der Waals surface area (Å²) >= 11 is 0. The molecule has 0 radical (unpaired) electrons. The Labute approximate surface area is 204 Å². The Morgan fingerprint density at radius 2 is 1.71 bits per heavy atom. The normalized spacial score (nSPS) is 12.9. The molecule has 1 aliphatic carbocycles. The lowest BCUT2D eigenvalue weighted by Crippen LogP contribution is -2.25. The number of nitrogens with zero attached hydrogens (tertiary/aromatic N) is 3. The van der Waals surface area contributed by atoms with Gasteiger partial charge in [0.05, 0.1) is 16.8 Å². The fraction of sp³-hybridized carbons (Fsp3) is 0.286. The summed E-state index contributed by atoms with van der Waals surface area (Å²) in [7, 11) is 0. The average Bonchev–Trinajstić information content (AvgIpc) is 3.72. The summed E-state index contributed by atoms with van der Waals surface area (Å²) in [5.74, 6) is 1.40. The number of carbonyl (C=O) groups is 1. The quantitative estimate of drug-likeness (QED) is 0.352. The van der Waals surface area contributed by atoms with Gasteiger partial charge in [-0.1, -0.05) is 55.3 Å². The highest BCUT2D eigenvalue weighted by Gasteiger charge is 2.21. The highest BCUT2D eigenvalue weighted by atomic mass is 16.5. The molecule has 0 spiro atoms. The molecule has 2 heterocycles. The van der Waals surface area contributed by atoms with E-state index in [9.17, 15) is 4.79 Å². The highest BCUT2D eigenvalue weighted by molar-refractivity contribution is 5.93. The fourth-order valence-corrected chi connectivity index (χ4v) is 3.92. The summed E-state index contributed by atoms with van der Waals surface area (Å²) in [6.07, 6.45) is 6.56. The molecule has 2 aromatic carbocycles. The zero-order valence-electron chi connectivity index (χ0n) is 19.7. The third kappa shape index (κ3) is 5.74. The Kier molecular flexibility index (Phi) is 6.84. The van der Waals surface area contributed by atoms with Crippen LogP contribution in [0, 0.1) is 12.8 Å². The van der Waals surface area contributed by atoms with Gasteiger partial charge < -0.3 is 14.8 Å². The number of hydrogen-bond acceptors (Lipinski definition) is 6. The number of pyridine rings is 1. The number of carbonyl (C=O) groups excluding carboxylic acids is 1. The van der Waals surface area contributed by atoms with Crippen LogP contribution in [0.5, 0.6) is 11.8 Å². The van der Waals surface area contributed by atoms with Crippen molar-refractivity contribution >= 4 is 16.8 Å². The molecule has 178 valence electrons. The van der Waals surface area contributed by atoms with E-state index in [0.717, 1.165) is 45.8 Å². The van der Waals surface area contributed by atoms with Crippen LogP contribution in [0.4, 0.5) is 0 Å². The van der Waals surface area contributed by atoms with E-state index in [1.54, 1.807) is 0 Å². The van der Waals surface area contributed by atoms with Gasteiger partial charge in [-0.25, -0.2) is 15.0 Å². The number of hydrogen-bond donors (Lipinski definition) is 1. The first-order chi connectivity index (χ1) is 17.2. The second-order valence-corrected chi connectivity index (χ2v) is 8.83. The van der Waals surface area contributed by atoms with Crippen LogP contribution in [0.25, 0.3) is 10.9 Å². The molecule has 1 amide bonds. The standard InChI is InChI=1S/C28H28N4O3/c1-19-25(18-35-28-30-15-22(16-31-28)27(33)29-14-13-20-11-12-20)32-24-10-6-5-9-23(24)26(19)34-17-21-7-3-2-4-8-21/h2-10,15-16,20H,11-14,17-18H2,1H3,(H,29,33). The molecule has 7 nitrogen and oxygen atoms in total. The predicted molar refractivity (Wildman–Crippen MR) is 133 cm³/mol. The maximum absolute atomic E-state index is 12.3. The van der Waals surface area contributed by atoms with Crippen molar-refractivity contribution in [1.29, 1.82) is 0 Å². The van der Waals surface area contributed by atoms with E-state index in [1.807, 2.05) is 61.5 Å².